The molecule has 17 heavy (non-hydrogen) atoms. The largest absolute Gasteiger partial charge is 0.389 e. The van der Waals surface area contributed by atoms with Crippen molar-refractivity contribution in [1.29, 1.82) is 0 Å². The summed E-state index contributed by atoms with van der Waals surface area (Å²) >= 11 is 1.60. The van der Waals surface area contributed by atoms with Gasteiger partial charge in [-0.25, -0.2) is 0 Å². The van der Waals surface area contributed by atoms with Gasteiger partial charge in [-0.05, 0) is 28.6 Å². The molecule has 3 rings (SSSR count). The van der Waals surface area contributed by atoms with E-state index in [4.69, 9.17) is 0 Å². The molecule has 1 aromatic heterocycles. The number of hydrogen-bond acceptors (Lipinski definition) is 4. The van der Waals surface area contributed by atoms with Crippen molar-refractivity contribution < 1.29 is 9.79 Å². The summed E-state index contributed by atoms with van der Waals surface area (Å²) in [4.78, 5) is 0. The number of nitrogens with zero attached hydrogens (tertiary/aromatic N) is 4. The average Bonchev–Trinajstić information content (AvgIpc) is 2.74. The highest BCUT2D eigenvalue weighted by Gasteiger charge is 2.34. The highest BCUT2D eigenvalue weighted by atomic mass is 32.2. The highest BCUT2D eigenvalue weighted by molar-refractivity contribution is 7.99. The number of fused-ring (bicyclic) bond motifs is 1. The number of rotatable bonds is 1. The van der Waals surface area contributed by atoms with Gasteiger partial charge in [0.1, 0.15) is 17.4 Å². The van der Waals surface area contributed by atoms with Crippen molar-refractivity contribution in [2.75, 3.05) is 0 Å². The average molecular weight is 249 g/mol. The van der Waals surface area contributed by atoms with Crippen molar-refractivity contribution in [3.8, 4) is 5.69 Å². The second-order valence-corrected chi connectivity index (χ2v) is 5.43. The van der Waals surface area contributed by atoms with Gasteiger partial charge in [-0.2, -0.15) is 0 Å². The lowest BCUT2D eigenvalue weighted by Gasteiger charge is -2.19. The van der Waals surface area contributed by atoms with E-state index in [9.17, 15) is 5.11 Å². The molecule has 0 radical (unpaired) electrons. The number of hydrogen-bond donors (Lipinski definition) is 1. The Kier molecular flexibility index (Phi) is 2.60. The number of aliphatic hydroxyl groups excluding tert-OH is 1. The Labute approximate surface area is 103 Å². The predicted molar refractivity (Wildman–Crippen MR) is 62.9 cm³/mol. The van der Waals surface area contributed by atoms with Crippen LogP contribution in [0.15, 0.2) is 35.5 Å². The van der Waals surface area contributed by atoms with E-state index < -0.39 is 0 Å². The van der Waals surface area contributed by atoms with Crippen LogP contribution < -0.4 is 4.68 Å². The van der Waals surface area contributed by atoms with Crippen molar-refractivity contribution in [3.05, 3.63) is 30.3 Å². The molecule has 6 heteroatoms. The summed E-state index contributed by atoms with van der Waals surface area (Å²) in [6.45, 7) is 2.53. The van der Waals surface area contributed by atoms with Crippen LogP contribution in [0.1, 0.15) is 6.92 Å². The van der Waals surface area contributed by atoms with E-state index in [1.54, 1.807) is 16.4 Å². The molecule has 2 heterocycles. The summed E-state index contributed by atoms with van der Waals surface area (Å²) in [5, 5.41) is 19.1. The Hall–Kier alpha value is -1.40. The highest BCUT2D eigenvalue weighted by Crippen LogP contribution is 2.27. The van der Waals surface area contributed by atoms with E-state index >= 15 is 0 Å². The maximum atomic E-state index is 9.79. The van der Waals surface area contributed by atoms with Crippen LogP contribution in [0, 0.1) is 0 Å². The van der Waals surface area contributed by atoms with Crippen LogP contribution in [0.2, 0.25) is 0 Å². The molecule has 2 atom stereocenters. The number of tetrazole rings is 1. The summed E-state index contributed by atoms with van der Waals surface area (Å²) in [7, 11) is 0. The maximum Gasteiger partial charge on any atom is 0.323 e. The second-order valence-electron chi connectivity index (χ2n) is 4.08. The number of para-hydroxylation sites is 1. The van der Waals surface area contributed by atoms with Gasteiger partial charge >= 0.3 is 5.16 Å². The zero-order valence-corrected chi connectivity index (χ0v) is 10.2. The first-order valence-corrected chi connectivity index (χ1v) is 6.39. The Morgan fingerprint density at radius 1 is 1.41 bits per heavy atom. The molecular formula is C11H13N4OS+. The fourth-order valence-corrected chi connectivity index (χ4v) is 2.85. The van der Waals surface area contributed by atoms with E-state index in [1.807, 2.05) is 41.9 Å². The Morgan fingerprint density at radius 3 is 2.94 bits per heavy atom. The van der Waals surface area contributed by atoms with E-state index in [0.717, 1.165) is 10.8 Å². The Morgan fingerprint density at radius 2 is 2.18 bits per heavy atom. The molecule has 0 saturated carbocycles. The van der Waals surface area contributed by atoms with Crippen LogP contribution in [-0.4, -0.2) is 31.6 Å². The molecular weight excluding hydrogens is 236 g/mol. The molecule has 0 aliphatic carbocycles. The smallest absolute Gasteiger partial charge is 0.323 e. The Balaban J connectivity index is 2.04. The maximum absolute atomic E-state index is 9.79. The first kappa shape index (κ1) is 10.7. The topological polar surface area (TPSA) is 54.8 Å². The van der Waals surface area contributed by atoms with Gasteiger partial charge in [0.15, 0.2) is 5.21 Å². The normalized spacial score (nSPS) is 23.4. The van der Waals surface area contributed by atoms with Crippen LogP contribution in [0.3, 0.4) is 0 Å². The molecule has 5 nitrogen and oxygen atoms in total. The van der Waals surface area contributed by atoms with E-state index in [1.165, 1.54) is 0 Å². The summed E-state index contributed by atoms with van der Waals surface area (Å²) in [5.74, 6) is 0. The zero-order chi connectivity index (χ0) is 11.8. The number of thioether (sulfide) groups is 1. The fourth-order valence-electron chi connectivity index (χ4n) is 1.80. The third-order valence-electron chi connectivity index (χ3n) is 2.83. The summed E-state index contributed by atoms with van der Waals surface area (Å²) in [6, 6.07) is 9.90. The molecule has 1 aliphatic rings. The van der Waals surface area contributed by atoms with Gasteiger partial charge in [0, 0.05) is 5.25 Å². The molecule has 0 amide bonds. The molecule has 0 spiro atoms. The summed E-state index contributed by atoms with van der Waals surface area (Å²) < 4.78 is 3.56. The van der Waals surface area contributed by atoms with Crippen molar-refractivity contribution in [1.82, 2.24) is 15.1 Å². The third-order valence-corrected chi connectivity index (χ3v) is 4.11. The van der Waals surface area contributed by atoms with Crippen molar-refractivity contribution in [2.24, 2.45) is 0 Å². The molecule has 1 aromatic carbocycles. The van der Waals surface area contributed by atoms with Crippen LogP contribution >= 0.6 is 11.8 Å². The quantitative estimate of drug-likeness (QED) is 0.744. The van der Waals surface area contributed by atoms with Gasteiger partial charge < -0.3 is 5.11 Å². The summed E-state index contributed by atoms with van der Waals surface area (Å²) in [6.07, 6.45) is -0.363. The standard InChI is InChI=1S/C11H13N4OS/c1-8-10(16)7-14-11(17-8)15(13-12-14)9-5-3-2-4-6-9/h2-6,8,10,16H,7H2,1H3/q+1. The lowest BCUT2D eigenvalue weighted by Crippen LogP contribution is -2.50. The monoisotopic (exact) mass is 249 g/mol. The van der Waals surface area contributed by atoms with Gasteiger partial charge in [0.2, 0.25) is 0 Å². The summed E-state index contributed by atoms with van der Waals surface area (Å²) in [5.41, 5.74) is 0.991. The van der Waals surface area contributed by atoms with E-state index in [0.29, 0.717) is 6.54 Å². The third kappa shape index (κ3) is 1.83. The first-order chi connectivity index (χ1) is 8.25. The van der Waals surface area contributed by atoms with Gasteiger partial charge in [-0.1, -0.05) is 25.1 Å². The van der Waals surface area contributed by atoms with E-state index in [-0.39, 0.29) is 11.4 Å². The van der Waals surface area contributed by atoms with Gasteiger partial charge in [0.25, 0.3) is 0 Å². The lowest BCUT2D eigenvalue weighted by molar-refractivity contribution is -0.795. The molecule has 0 saturated heterocycles. The number of benzene rings is 1. The molecule has 2 aromatic rings. The van der Waals surface area contributed by atoms with Crippen molar-refractivity contribution in [2.45, 2.75) is 30.0 Å². The molecule has 88 valence electrons. The first-order valence-electron chi connectivity index (χ1n) is 5.51. The lowest BCUT2D eigenvalue weighted by atomic mass is 10.3. The zero-order valence-electron chi connectivity index (χ0n) is 9.39. The molecule has 0 bridgehead atoms. The number of aliphatic hydroxyl groups is 1. The molecule has 1 aliphatic heterocycles. The molecule has 2 unspecified atom stereocenters. The predicted octanol–water partition coefficient (Wildman–Crippen LogP) is 0.410. The van der Waals surface area contributed by atoms with Gasteiger partial charge in [-0.3, -0.25) is 0 Å². The SMILES string of the molecule is CC1Sc2n(-c3ccccc3)nn[n+]2CC1O. The van der Waals surface area contributed by atoms with Gasteiger partial charge in [0.05, 0.1) is 6.10 Å². The molecule has 1 N–H and O–H groups in total. The van der Waals surface area contributed by atoms with Crippen molar-refractivity contribution in [3.63, 3.8) is 0 Å². The van der Waals surface area contributed by atoms with Crippen LogP contribution in [0.25, 0.3) is 5.69 Å². The van der Waals surface area contributed by atoms with Crippen molar-refractivity contribution >= 4 is 11.8 Å². The minimum Gasteiger partial charge on any atom is -0.389 e. The van der Waals surface area contributed by atoms with Crippen LogP contribution in [0.4, 0.5) is 0 Å². The Bertz CT molecular complexity index is 528. The second kappa shape index (κ2) is 4.12. The van der Waals surface area contributed by atoms with E-state index in [2.05, 4.69) is 10.4 Å². The molecule has 0 fully saturated rings. The minimum absolute atomic E-state index is 0.163. The number of aromatic nitrogens is 4. The minimum atomic E-state index is -0.363. The van der Waals surface area contributed by atoms with Crippen LogP contribution in [0.5, 0.6) is 0 Å². The fraction of sp³-hybridized carbons (Fsp3) is 0.364. The van der Waals surface area contributed by atoms with Crippen LogP contribution in [-0.2, 0) is 6.54 Å². The van der Waals surface area contributed by atoms with Gasteiger partial charge in [-0.15, -0.1) is 4.68 Å².